The quantitative estimate of drug-likeness (QED) is 0.196. The van der Waals surface area contributed by atoms with Gasteiger partial charge in [-0.2, -0.15) is 11.8 Å². The number of carboxylic acid groups (broad SMARTS) is 2. The van der Waals surface area contributed by atoms with Gasteiger partial charge in [0, 0.05) is 6.54 Å². The summed E-state index contributed by atoms with van der Waals surface area (Å²) in [6.07, 6.45) is 2.32. The molecule has 7 N–H and O–H groups in total. The fraction of sp³-hybridized carbons (Fsp3) is 0.522. The van der Waals surface area contributed by atoms with Crippen LogP contribution in [-0.2, 0) is 30.4 Å². The number of nitrogens with zero attached hydrogens (tertiary/aromatic N) is 1. The molecule has 12 nitrogen and oxygen atoms in total. The summed E-state index contributed by atoms with van der Waals surface area (Å²) >= 11 is 1.42. The lowest BCUT2D eigenvalue weighted by Gasteiger charge is -2.28. The second kappa shape index (κ2) is 13.7. The molecule has 1 aromatic rings. The lowest BCUT2D eigenvalue weighted by molar-refractivity contribution is -0.147. The maximum Gasteiger partial charge on any atom is 0.326 e. The fourth-order valence-electron chi connectivity index (χ4n) is 3.91. The van der Waals surface area contributed by atoms with Crippen molar-refractivity contribution in [3.05, 3.63) is 29.8 Å². The molecule has 3 amide bonds. The number of amides is 3. The molecule has 0 radical (unpaired) electrons. The molecule has 1 aromatic carbocycles. The molecule has 0 aliphatic carbocycles. The number of aromatic hydroxyl groups is 1. The third-order valence-corrected chi connectivity index (χ3v) is 6.43. The van der Waals surface area contributed by atoms with Gasteiger partial charge in [0.05, 0.1) is 12.5 Å². The van der Waals surface area contributed by atoms with E-state index in [0.717, 1.165) is 5.56 Å². The second-order valence-electron chi connectivity index (χ2n) is 8.51. The molecule has 36 heavy (non-hydrogen) atoms. The summed E-state index contributed by atoms with van der Waals surface area (Å²) in [4.78, 5) is 62.5. The molecule has 13 heteroatoms. The van der Waals surface area contributed by atoms with Crippen LogP contribution in [-0.4, -0.2) is 92.6 Å². The van der Waals surface area contributed by atoms with Crippen molar-refractivity contribution in [3.63, 3.8) is 0 Å². The molecule has 1 heterocycles. The molecule has 0 spiro atoms. The van der Waals surface area contributed by atoms with Gasteiger partial charge in [0.25, 0.3) is 0 Å². The van der Waals surface area contributed by atoms with Crippen LogP contribution in [0.1, 0.15) is 31.2 Å². The number of aliphatic carboxylic acids is 2. The summed E-state index contributed by atoms with van der Waals surface area (Å²) in [6, 6.07) is 1.77. The van der Waals surface area contributed by atoms with Crippen LogP contribution in [0.4, 0.5) is 0 Å². The van der Waals surface area contributed by atoms with Gasteiger partial charge in [-0.3, -0.25) is 19.2 Å². The number of carbonyl (C=O) groups is 5. The molecule has 0 bridgehead atoms. The first-order valence-corrected chi connectivity index (χ1v) is 12.8. The molecular formula is C23H32N4O8S. The van der Waals surface area contributed by atoms with E-state index >= 15 is 0 Å². The Hall–Kier alpha value is -3.32. The Balaban J connectivity index is 2.07. The highest BCUT2D eigenvalue weighted by molar-refractivity contribution is 7.98. The molecule has 198 valence electrons. The molecule has 2 rings (SSSR count). The average molecular weight is 525 g/mol. The first-order chi connectivity index (χ1) is 17.0. The first-order valence-electron chi connectivity index (χ1n) is 11.4. The molecule has 0 saturated carbocycles. The Morgan fingerprint density at radius 1 is 1.11 bits per heavy atom. The maximum absolute atomic E-state index is 13.1. The summed E-state index contributed by atoms with van der Waals surface area (Å²) < 4.78 is 0. The van der Waals surface area contributed by atoms with E-state index < -0.39 is 60.2 Å². The fourth-order valence-corrected chi connectivity index (χ4v) is 4.38. The van der Waals surface area contributed by atoms with Crippen molar-refractivity contribution in [1.82, 2.24) is 15.5 Å². The van der Waals surface area contributed by atoms with Gasteiger partial charge in [0.15, 0.2) is 0 Å². The van der Waals surface area contributed by atoms with Gasteiger partial charge in [0.2, 0.25) is 17.7 Å². The zero-order valence-corrected chi connectivity index (χ0v) is 20.7. The SMILES string of the molecule is CSCCC(NC(=O)C1CCCN1C(=O)C(N)Cc1ccc(O)cc1)C(=O)NC(CC(=O)O)C(=O)O. The van der Waals surface area contributed by atoms with Gasteiger partial charge in [-0.05, 0) is 55.4 Å². The van der Waals surface area contributed by atoms with Crippen LogP contribution in [0.3, 0.4) is 0 Å². The van der Waals surface area contributed by atoms with Crippen molar-refractivity contribution in [1.29, 1.82) is 0 Å². The molecule has 4 unspecified atom stereocenters. The third-order valence-electron chi connectivity index (χ3n) is 5.78. The normalized spacial score (nSPS) is 17.6. The molecule has 4 atom stereocenters. The lowest BCUT2D eigenvalue weighted by Crippen LogP contribution is -2.57. The summed E-state index contributed by atoms with van der Waals surface area (Å²) in [5.41, 5.74) is 6.86. The van der Waals surface area contributed by atoms with E-state index in [9.17, 15) is 34.2 Å². The zero-order valence-electron chi connectivity index (χ0n) is 19.9. The second-order valence-corrected chi connectivity index (χ2v) is 9.49. The number of likely N-dealkylation sites (tertiary alicyclic amines) is 1. The van der Waals surface area contributed by atoms with Crippen LogP contribution >= 0.6 is 11.8 Å². The zero-order chi connectivity index (χ0) is 26.8. The van der Waals surface area contributed by atoms with E-state index in [1.807, 2.05) is 0 Å². The third kappa shape index (κ3) is 8.41. The first kappa shape index (κ1) is 28.9. The van der Waals surface area contributed by atoms with E-state index in [1.165, 1.54) is 28.8 Å². The number of nitrogens with one attached hydrogen (secondary N) is 2. The Labute approximate surface area is 212 Å². The van der Waals surface area contributed by atoms with Gasteiger partial charge in [-0.1, -0.05) is 12.1 Å². The van der Waals surface area contributed by atoms with Gasteiger partial charge in [0.1, 0.15) is 23.9 Å². The van der Waals surface area contributed by atoms with Gasteiger partial charge >= 0.3 is 11.9 Å². The summed E-state index contributed by atoms with van der Waals surface area (Å²) in [5.74, 6) is -4.13. The van der Waals surface area contributed by atoms with E-state index in [2.05, 4.69) is 10.6 Å². The Morgan fingerprint density at radius 3 is 2.36 bits per heavy atom. The number of carbonyl (C=O) groups excluding carboxylic acids is 3. The number of hydrogen-bond acceptors (Lipinski definition) is 8. The highest BCUT2D eigenvalue weighted by atomic mass is 32.2. The van der Waals surface area contributed by atoms with Crippen molar-refractivity contribution in [2.75, 3.05) is 18.6 Å². The van der Waals surface area contributed by atoms with Crippen molar-refractivity contribution in [2.45, 2.75) is 56.3 Å². The Morgan fingerprint density at radius 2 is 1.78 bits per heavy atom. The van der Waals surface area contributed by atoms with Gasteiger partial charge in [-0.25, -0.2) is 4.79 Å². The smallest absolute Gasteiger partial charge is 0.326 e. The number of benzene rings is 1. The topological polar surface area (TPSA) is 199 Å². The molecular weight excluding hydrogens is 492 g/mol. The average Bonchev–Trinajstić information content (AvgIpc) is 3.31. The molecule has 1 saturated heterocycles. The number of phenols is 1. The highest BCUT2D eigenvalue weighted by Gasteiger charge is 2.38. The number of phenolic OH excluding ortho intramolecular Hbond substituents is 1. The summed E-state index contributed by atoms with van der Waals surface area (Å²) in [7, 11) is 0. The number of rotatable bonds is 13. The van der Waals surface area contributed by atoms with E-state index in [0.29, 0.717) is 25.1 Å². The van der Waals surface area contributed by atoms with Crippen molar-refractivity contribution >= 4 is 41.4 Å². The van der Waals surface area contributed by atoms with Crippen LogP contribution < -0.4 is 16.4 Å². The number of carboxylic acids is 2. The van der Waals surface area contributed by atoms with Crippen LogP contribution in [0.25, 0.3) is 0 Å². The monoisotopic (exact) mass is 524 g/mol. The van der Waals surface area contributed by atoms with Crippen LogP contribution in [0.2, 0.25) is 0 Å². The van der Waals surface area contributed by atoms with Crippen molar-refractivity contribution in [3.8, 4) is 5.75 Å². The molecule has 1 aliphatic rings. The van der Waals surface area contributed by atoms with E-state index in [1.54, 1.807) is 18.4 Å². The highest BCUT2D eigenvalue weighted by Crippen LogP contribution is 2.20. The maximum atomic E-state index is 13.1. The predicted octanol–water partition coefficient (Wildman–Crippen LogP) is -0.465. The minimum Gasteiger partial charge on any atom is -0.508 e. The molecule has 1 fully saturated rings. The summed E-state index contributed by atoms with van der Waals surface area (Å²) in [6.45, 7) is 0.321. The standard InChI is InChI=1S/C23H32N4O8S/c1-36-10-8-16(20(31)26-17(23(34)35)12-19(29)30)25-21(32)18-3-2-9-27(18)22(33)15(24)11-13-4-6-14(28)7-5-13/h4-7,15-18,28H,2-3,8-12,24H2,1H3,(H,25,32)(H,26,31)(H,29,30)(H,34,35). The van der Waals surface area contributed by atoms with Crippen LogP contribution in [0.15, 0.2) is 24.3 Å². The lowest BCUT2D eigenvalue weighted by atomic mass is 10.0. The predicted molar refractivity (Wildman–Crippen MR) is 131 cm³/mol. The Bertz CT molecular complexity index is 958. The van der Waals surface area contributed by atoms with E-state index in [-0.39, 0.29) is 18.6 Å². The van der Waals surface area contributed by atoms with Crippen molar-refractivity contribution < 1.29 is 39.3 Å². The van der Waals surface area contributed by atoms with Gasteiger partial charge in [-0.15, -0.1) is 0 Å². The minimum atomic E-state index is -1.65. The summed E-state index contributed by atoms with van der Waals surface area (Å²) in [5, 5.41) is 32.3. The van der Waals surface area contributed by atoms with E-state index in [4.69, 9.17) is 10.8 Å². The van der Waals surface area contributed by atoms with Crippen LogP contribution in [0, 0.1) is 0 Å². The Kier molecular flexibility index (Phi) is 11.0. The minimum absolute atomic E-state index is 0.0904. The van der Waals surface area contributed by atoms with Gasteiger partial charge < -0.3 is 36.6 Å². The largest absolute Gasteiger partial charge is 0.508 e. The number of thioether (sulfide) groups is 1. The number of hydrogen-bond donors (Lipinski definition) is 6. The van der Waals surface area contributed by atoms with Crippen LogP contribution in [0.5, 0.6) is 5.75 Å². The molecule has 1 aliphatic heterocycles. The van der Waals surface area contributed by atoms with Crippen molar-refractivity contribution in [2.24, 2.45) is 5.73 Å². The molecule has 0 aromatic heterocycles. The number of nitrogens with two attached hydrogens (primary N) is 1.